The molecule has 1 N–H and O–H groups in total. The molecule has 0 aliphatic rings. The van der Waals surface area contributed by atoms with Crippen LogP contribution in [0.3, 0.4) is 0 Å². The zero-order valence-corrected chi connectivity index (χ0v) is 13.5. The second-order valence-corrected chi connectivity index (χ2v) is 5.73. The molecule has 2 aromatic heterocycles. The zero-order valence-electron chi connectivity index (χ0n) is 12.7. The number of hydrogen-bond donors (Lipinski definition) is 1. The second-order valence-electron chi connectivity index (χ2n) is 5.12. The Morgan fingerprint density at radius 3 is 2.61 bits per heavy atom. The summed E-state index contributed by atoms with van der Waals surface area (Å²) in [5, 5.41) is 8.78. The van der Waals surface area contributed by atoms with E-state index in [1.54, 1.807) is 18.3 Å². The van der Waals surface area contributed by atoms with Crippen molar-refractivity contribution in [3.05, 3.63) is 53.5 Å². The van der Waals surface area contributed by atoms with E-state index in [1.165, 1.54) is 11.5 Å². The topological polar surface area (TPSA) is 71.0 Å². The van der Waals surface area contributed by atoms with Crippen LogP contribution in [0, 0.1) is 0 Å². The van der Waals surface area contributed by atoms with E-state index in [0.29, 0.717) is 5.56 Å². The lowest BCUT2D eigenvalue weighted by atomic mass is 10.1. The highest BCUT2D eigenvalue weighted by Gasteiger charge is 2.09. The number of pyridine rings is 1. The van der Waals surface area contributed by atoms with E-state index in [4.69, 9.17) is 0 Å². The number of anilines is 2. The van der Waals surface area contributed by atoms with Gasteiger partial charge in [-0.3, -0.25) is 4.79 Å². The molecule has 0 spiro atoms. The first-order valence-electron chi connectivity index (χ1n) is 6.96. The Bertz CT molecular complexity index is 800. The molecule has 0 unspecified atom stereocenters. The van der Waals surface area contributed by atoms with Gasteiger partial charge in [-0.1, -0.05) is 16.6 Å². The number of aromatic nitrogens is 3. The molecule has 0 atom stereocenters. The fourth-order valence-corrected chi connectivity index (χ4v) is 2.49. The van der Waals surface area contributed by atoms with Crippen LogP contribution in [0.4, 0.5) is 11.5 Å². The van der Waals surface area contributed by atoms with Gasteiger partial charge in [-0.25, -0.2) is 4.98 Å². The molecule has 0 saturated carbocycles. The molecule has 2 heterocycles. The zero-order chi connectivity index (χ0) is 16.2. The van der Waals surface area contributed by atoms with Crippen LogP contribution in [-0.4, -0.2) is 34.6 Å². The van der Waals surface area contributed by atoms with Gasteiger partial charge < -0.3 is 10.2 Å². The molecule has 1 aromatic carbocycles. The van der Waals surface area contributed by atoms with Gasteiger partial charge in [0.2, 0.25) is 0 Å². The SMILES string of the molecule is CN(C)c1cc(C(=O)Nc2ccc(-c3csnn3)cc2)ccn1. The van der Waals surface area contributed by atoms with E-state index in [2.05, 4.69) is 19.9 Å². The monoisotopic (exact) mass is 325 g/mol. The number of carbonyl (C=O) groups excluding carboxylic acids is 1. The van der Waals surface area contributed by atoms with Crippen LogP contribution in [-0.2, 0) is 0 Å². The molecular formula is C16H15N5OS. The van der Waals surface area contributed by atoms with Gasteiger partial charge in [0.1, 0.15) is 11.5 Å². The van der Waals surface area contributed by atoms with Crippen molar-refractivity contribution in [1.29, 1.82) is 0 Å². The number of rotatable bonds is 4. The minimum Gasteiger partial charge on any atom is -0.363 e. The maximum atomic E-state index is 12.3. The summed E-state index contributed by atoms with van der Waals surface area (Å²) in [6.45, 7) is 0. The lowest BCUT2D eigenvalue weighted by Crippen LogP contribution is -2.15. The highest BCUT2D eigenvalue weighted by atomic mass is 32.1. The van der Waals surface area contributed by atoms with Crippen molar-refractivity contribution in [2.75, 3.05) is 24.3 Å². The highest BCUT2D eigenvalue weighted by Crippen LogP contribution is 2.20. The molecular weight excluding hydrogens is 310 g/mol. The van der Waals surface area contributed by atoms with Gasteiger partial charge >= 0.3 is 0 Å². The van der Waals surface area contributed by atoms with Crippen molar-refractivity contribution in [1.82, 2.24) is 14.6 Å². The van der Waals surface area contributed by atoms with Crippen molar-refractivity contribution < 1.29 is 4.79 Å². The van der Waals surface area contributed by atoms with Gasteiger partial charge in [-0.2, -0.15) is 0 Å². The Labute approximate surface area is 138 Å². The smallest absolute Gasteiger partial charge is 0.255 e. The molecule has 3 rings (SSSR count). The molecule has 7 heteroatoms. The van der Waals surface area contributed by atoms with Crippen LogP contribution in [0.2, 0.25) is 0 Å². The van der Waals surface area contributed by atoms with Gasteiger partial charge in [0.15, 0.2) is 0 Å². The molecule has 0 aliphatic heterocycles. The summed E-state index contributed by atoms with van der Waals surface area (Å²) in [5.74, 6) is 0.572. The van der Waals surface area contributed by atoms with Gasteiger partial charge in [-0.05, 0) is 35.8 Å². The van der Waals surface area contributed by atoms with Crippen molar-refractivity contribution in [3.63, 3.8) is 0 Å². The Hall–Kier alpha value is -2.80. The Morgan fingerprint density at radius 2 is 1.96 bits per heavy atom. The molecule has 0 bridgehead atoms. The third kappa shape index (κ3) is 3.51. The van der Waals surface area contributed by atoms with E-state index in [1.807, 2.05) is 48.6 Å². The molecule has 0 aliphatic carbocycles. The fraction of sp³-hybridized carbons (Fsp3) is 0.125. The summed E-state index contributed by atoms with van der Waals surface area (Å²) < 4.78 is 3.84. The Kier molecular flexibility index (Phi) is 4.29. The number of nitrogens with zero attached hydrogens (tertiary/aromatic N) is 4. The molecule has 0 radical (unpaired) electrons. The van der Waals surface area contributed by atoms with E-state index < -0.39 is 0 Å². The molecule has 0 saturated heterocycles. The summed E-state index contributed by atoms with van der Waals surface area (Å²) in [6, 6.07) is 11.0. The van der Waals surface area contributed by atoms with Crippen molar-refractivity contribution in [3.8, 4) is 11.3 Å². The fourth-order valence-electron chi connectivity index (χ4n) is 2.02. The van der Waals surface area contributed by atoms with Gasteiger partial charge in [0, 0.05) is 42.5 Å². The minimum absolute atomic E-state index is 0.168. The summed E-state index contributed by atoms with van der Waals surface area (Å²) in [6.07, 6.45) is 1.63. The van der Waals surface area contributed by atoms with Crippen LogP contribution in [0.5, 0.6) is 0 Å². The first-order chi connectivity index (χ1) is 11.1. The summed E-state index contributed by atoms with van der Waals surface area (Å²) in [5.41, 5.74) is 3.09. The van der Waals surface area contributed by atoms with Crippen LogP contribution in [0.15, 0.2) is 48.0 Å². The maximum Gasteiger partial charge on any atom is 0.255 e. The molecule has 6 nitrogen and oxygen atoms in total. The van der Waals surface area contributed by atoms with Crippen LogP contribution in [0.25, 0.3) is 11.3 Å². The third-order valence-corrected chi connectivity index (χ3v) is 3.77. The maximum absolute atomic E-state index is 12.3. The highest BCUT2D eigenvalue weighted by molar-refractivity contribution is 7.03. The normalized spacial score (nSPS) is 10.3. The van der Waals surface area contributed by atoms with Crippen molar-refractivity contribution in [2.45, 2.75) is 0 Å². The van der Waals surface area contributed by atoms with Gasteiger partial charge in [-0.15, -0.1) is 5.10 Å². The molecule has 23 heavy (non-hydrogen) atoms. The first-order valence-corrected chi connectivity index (χ1v) is 7.79. The summed E-state index contributed by atoms with van der Waals surface area (Å²) in [4.78, 5) is 18.4. The van der Waals surface area contributed by atoms with Crippen LogP contribution < -0.4 is 10.2 Å². The number of hydrogen-bond acceptors (Lipinski definition) is 6. The molecule has 1 amide bonds. The largest absolute Gasteiger partial charge is 0.363 e. The number of amides is 1. The van der Waals surface area contributed by atoms with E-state index in [-0.39, 0.29) is 5.91 Å². The predicted molar refractivity (Wildman–Crippen MR) is 91.9 cm³/mol. The first kappa shape index (κ1) is 15.1. The molecule has 3 aromatic rings. The average Bonchev–Trinajstić information content (AvgIpc) is 3.10. The average molecular weight is 325 g/mol. The number of carbonyl (C=O) groups is 1. The van der Waals surface area contributed by atoms with E-state index in [9.17, 15) is 4.79 Å². The van der Waals surface area contributed by atoms with Crippen molar-refractivity contribution in [2.24, 2.45) is 0 Å². The quantitative estimate of drug-likeness (QED) is 0.798. The molecule has 0 fully saturated rings. The Morgan fingerprint density at radius 1 is 1.17 bits per heavy atom. The van der Waals surface area contributed by atoms with Gasteiger partial charge in [0.25, 0.3) is 5.91 Å². The number of nitrogens with one attached hydrogen (secondary N) is 1. The van der Waals surface area contributed by atoms with Crippen LogP contribution >= 0.6 is 11.5 Å². The lowest BCUT2D eigenvalue weighted by Gasteiger charge is -2.12. The predicted octanol–water partition coefficient (Wildman–Crippen LogP) is 2.92. The standard InChI is InChI=1S/C16H15N5OS/c1-21(2)15-9-12(7-8-17-15)16(22)18-13-5-3-11(4-6-13)14-10-23-20-19-14/h3-10H,1-2H3,(H,18,22). The third-order valence-electron chi connectivity index (χ3n) is 3.26. The summed E-state index contributed by atoms with van der Waals surface area (Å²) >= 11 is 1.31. The van der Waals surface area contributed by atoms with Gasteiger partial charge in [0.05, 0.1) is 0 Å². The van der Waals surface area contributed by atoms with Crippen molar-refractivity contribution >= 4 is 28.9 Å². The van der Waals surface area contributed by atoms with Crippen LogP contribution in [0.1, 0.15) is 10.4 Å². The second kappa shape index (κ2) is 6.53. The van der Waals surface area contributed by atoms with E-state index >= 15 is 0 Å². The number of benzene rings is 1. The minimum atomic E-state index is -0.168. The summed E-state index contributed by atoms with van der Waals surface area (Å²) in [7, 11) is 3.77. The Balaban J connectivity index is 1.74. The van der Waals surface area contributed by atoms with E-state index in [0.717, 1.165) is 22.8 Å². The molecule has 116 valence electrons. The lowest BCUT2D eigenvalue weighted by molar-refractivity contribution is 0.102.